The van der Waals surface area contributed by atoms with Gasteiger partial charge in [0.15, 0.2) is 0 Å². The Labute approximate surface area is 151 Å². The van der Waals surface area contributed by atoms with Crippen molar-refractivity contribution in [2.75, 3.05) is 11.4 Å². The Kier molecular flexibility index (Phi) is 5.31. The van der Waals surface area contributed by atoms with Gasteiger partial charge >= 0.3 is 5.97 Å². The maximum Gasteiger partial charge on any atom is 0.326 e. The number of carboxylic acid groups (broad SMARTS) is 1. The molecule has 1 saturated heterocycles. The largest absolute Gasteiger partial charge is 0.480 e. The number of nitrogens with one attached hydrogen (secondary N) is 1. The monoisotopic (exact) mass is 352 g/mol. The number of carboxylic acids is 1. The van der Waals surface area contributed by atoms with Gasteiger partial charge in [-0.05, 0) is 17.7 Å². The standard InChI is InChI=1S/C20H20N2O4/c23-18-12-15(13-22(18)16-9-5-2-6-10-16)19(24)21-17(20(25)26)11-14-7-3-1-4-8-14/h1-10,15,17H,11-13H2,(H,21,24)(H,25,26)/t15?,17-/m0/s1. The zero-order valence-electron chi connectivity index (χ0n) is 14.2. The van der Waals surface area contributed by atoms with Crippen LogP contribution in [0.2, 0.25) is 0 Å². The Morgan fingerprint density at radius 2 is 1.69 bits per heavy atom. The van der Waals surface area contributed by atoms with Gasteiger partial charge in [0.25, 0.3) is 0 Å². The summed E-state index contributed by atoms with van der Waals surface area (Å²) in [6, 6.07) is 17.2. The van der Waals surface area contributed by atoms with E-state index in [1.165, 1.54) is 0 Å². The summed E-state index contributed by atoms with van der Waals surface area (Å²) >= 11 is 0. The highest BCUT2D eigenvalue weighted by Crippen LogP contribution is 2.25. The molecular formula is C20H20N2O4. The minimum Gasteiger partial charge on any atom is -0.480 e. The Bertz CT molecular complexity index is 792. The van der Waals surface area contributed by atoms with Gasteiger partial charge in [0.1, 0.15) is 6.04 Å². The molecule has 3 rings (SSSR count). The summed E-state index contributed by atoms with van der Waals surface area (Å²) in [5.41, 5.74) is 1.57. The second-order valence-corrected chi connectivity index (χ2v) is 6.33. The zero-order valence-corrected chi connectivity index (χ0v) is 14.2. The van der Waals surface area contributed by atoms with Crippen molar-refractivity contribution in [3.8, 4) is 0 Å². The molecule has 2 aromatic rings. The van der Waals surface area contributed by atoms with Gasteiger partial charge in [-0.2, -0.15) is 0 Å². The van der Waals surface area contributed by atoms with Gasteiger partial charge in [0.2, 0.25) is 11.8 Å². The van der Waals surface area contributed by atoms with Crippen LogP contribution >= 0.6 is 0 Å². The molecule has 2 amide bonds. The molecule has 0 aromatic heterocycles. The summed E-state index contributed by atoms with van der Waals surface area (Å²) in [4.78, 5) is 37.8. The van der Waals surface area contributed by atoms with Crippen LogP contribution in [0.1, 0.15) is 12.0 Å². The lowest BCUT2D eigenvalue weighted by Crippen LogP contribution is -2.45. The first-order chi connectivity index (χ1) is 12.5. The maximum absolute atomic E-state index is 12.5. The minimum absolute atomic E-state index is 0.0817. The fourth-order valence-corrected chi connectivity index (χ4v) is 3.08. The number of rotatable bonds is 6. The highest BCUT2D eigenvalue weighted by atomic mass is 16.4. The molecule has 1 aliphatic heterocycles. The van der Waals surface area contributed by atoms with Crippen LogP contribution in [0.15, 0.2) is 60.7 Å². The number of carbonyl (C=O) groups is 3. The average molecular weight is 352 g/mol. The lowest BCUT2D eigenvalue weighted by molar-refractivity contribution is -0.142. The van der Waals surface area contributed by atoms with E-state index in [0.29, 0.717) is 0 Å². The molecule has 26 heavy (non-hydrogen) atoms. The molecule has 2 atom stereocenters. The van der Waals surface area contributed by atoms with Crippen molar-refractivity contribution < 1.29 is 19.5 Å². The number of hydrogen-bond acceptors (Lipinski definition) is 3. The van der Waals surface area contributed by atoms with Gasteiger partial charge < -0.3 is 15.3 Å². The average Bonchev–Trinajstić information content (AvgIpc) is 3.04. The first-order valence-corrected chi connectivity index (χ1v) is 8.47. The normalized spacial score (nSPS) is 17.8. The predicted molar refractivity (Wildman–Crippen MR) is 96.6 cm³/mol. The lowest BCUT2D eigenvalue weighted by Gasteiger charge is -2.19. The second-order valence-electron chi connectivity index (χ2n) is 6.33. The third-order valence-corrected chi connectivity index (χ3v) is 4.46. The quantitative estimate of drug-likeness (QED) is 0.831. The van der Waals surface area contributed by atoms with E-state index in [9.17, 15) is 19.5 Å². The maximum atomic E-state index is 12.5. The molecule has 6 heteroatoms. The molecule has 0 aliphatic carbocycles. The van der Waals surface area contributed by atoms with E-state index in [2.05, 4.69) is 5.32 Å². The predicted octanol–water partition coefficient (Wildman–Crippen LogP) is 1.85. The summed E-state index contributed by atoms with van der Waals surface area (Å²) in [5.74, 6) is -2.18. The molecule has 1 fully saturated rings. The number of aliphatic carboxylic acids is 1. The van der Waals surface area contributed by atoms with E-state index < -0.39 is 23.8 Å². The highest BCUT2D eigenvalue weighted by Gasteiger charge is 2.36. The number of benzene rings is 2. The van der Waals surface area contributed by atoms with Crippen LogP contribution in [0.3, 0.4) is 0 Å². The number of amides is 2. The van der Waals surface area contributed by atoms with Crippen molar-refractivity contribution in [2.24, 2.45) is 5.92 Å². The summed E-state index contributed by atoms with van der Waals surface area (Å²) in [6.07, 6.45) is 0.281. The van der Waals surface area contributed by atoms with E-state index in [-0.39, 0.29) is 25.3 Å². The highest BCUT2D eigenvalue weighted by molar-refractivity contribution is 6.00. The zero-order chi connectivity index (χ0) is 18.5. The van der Waals surface area contributed by atoms with Crippen LogP contribution in [0.5, 0.6) is 0 Å². The molecule has 0 bridgehead atoms. The van der Waals surface area contributed by atoms with Crippen LogP contribution in [-0.4, -0.2) is 35.5 Å². The first kappa shape index (κ1) is 17.7. The molecule has 0 radical (unpaired) electrons. The summed E-state index contributed by atoms with van der Waals surface area (Å²) in [6.45, 7) is 0.256. The third-order valence-electron chi connectivity index (χ3n) is 4.46. The Hall–Kier alpha value is -3.15. The Morgan fingerprint density at radius 3 is 2.31 bits per heavy atom. The number of para-hydroxylation sites is 1. The van der Waals surface area contributed by atoms with E-state index in [4.69, 9.17) is 0 Å². The van der Waals surface area contributed by atoms with Crippen LogP contribution in [0.4, 0.5) is 5.69 Å². The molecule has 0 spiro atoms. The fraction of sp³-hybridized carbons (Fsp3) is 0.250. The summed E-state index contributed by atoms with van der Waals surface area (Å²) in [5, 5.41) is 12.0. The smallest absolute Gasteiger partial charge is 0.326 e. The molecule has 1 unspecified atom stereocenters. The number of hydrogen-bond donors (Lipinski definition) is 2. The second kappa shape index (κ2) is 7.82. The number of carbonyl (C=O) groups excluding carboxylic acids is 2. The summed E-state index contributed by atoms with van der Waals surface area (Å²) < 4.78 is 0. The molecule has 2 N–H and O–H groups in total. The molecule has 1 aliphatic rings. The van der Waals surface area contributed by atoms with E-state index >= 15 is 0 Å². The molecule has 134 valence electrons. The molecule has 2 aromatic carbocycles. The minimum atomic E-state index is -1.09. The van der Waals surface area contributed by atoms with Crippen molar-refractivity contribution in [2.45, 2.75) is 18.9 Å². The summed E-state index contributed by atoms with van der Waals surface area (Å²) in [7, 11) is 0. The van der Waals surface area contributed by atoms with Crippen molar-refractivity contribution in [3.05, 3.63) is 66.2 Å². The van der Waals surface area contributed by atoms with Gasteiger partial charge in [-0.25, -0.2) is 4.79 Å². The number of nitrogens with zero attached hydrogens (tertiary/aromatic N) is 1. The van der Waals surface area contributed by atoms with E-state index in [1.54, 1.807) is 4.90 Å². The van der Waals surface area contributed by atoms with Gasteiger partial charge in [0.05, 0.1) is 5.92 Å². The third kappa shape index (κ3) is 4.08. The Morgan fingerprint density at radius 1 is 1.08 bits per heavy atom. The van der Waals surface area contributed by atoms with Crippen molar-refractivity contribution in [1.82, 2.24) is 5.32 Å². The van der Waals surface area contributed by atoms with Crippen LogP contribution in [0.25, 0.3) is 0 Å². The van der Waals surface area contributed by atoms with Gasteiger partial charge in [-0.3, -0.25) is 9.59 Å². The van der Waals surface area contributed by atoms with Crippen LogP contribution in [-0.2, 0) is 20.8 Å². The van der Waals surface area contributed by atoms with Crippen LogP contribution < -0.4 is 10.2 Å². The van der Waals surface area contributed by atoms with E-state index in [0.717, 1.165) is 11.3 Å². The van der Waals surface area contributed by atoms with Crippen molar-refractivity contribution in [1.29, 1.82) is 0 Å². The molecular weight excluding hydrogens is 332 g/mol. The van der Waals surface area contributed by atoms with Gasteiger partial charge in [-0.15, -0.1) is 0 Å². The molecule has 0 saturated carbocycles. The van der Waals surface area contributed by atoms with Crippen molar-refractivity contribution >= 4 is 23.5 Å². The topological polar surface area (TPSA) is 86.7 Å². The van der Waals surface area contributed by atoms with Gasteiger partial charge in [-0.1, -0.05) is 48.5 Å². The molecule has 6 nitrogen and oxygen atoms in total. The molecule has 1 heterocycles. The van der Waals surface area contributed by atoms with Crippen LogP contribution in [0, 0.1) is 5.92 Å². The van der Waals surface area contributed by atoms with Gasteiger partial charge in [0, 0.05) is 25.1 Å². The first-order valence-electron chi connectivity index (χ1n) is 8.47. The SMILES string of the molecule is O=C(N[C@@H](Cc1ccccc1)C(=O)O)C1CC(=O)N(c2ccccc2)C1. The number of anilines is 1. The van der Waals surface area contributed by atoms with Crippen molar-refractivity contribution in [3.63, 3.8) is 0 Å². The Balaban J connectivity index is 1.65. The fourth-order valence-electron chi connectivity index (χ4n) is 3.08. The lowest BCUT2D eigenvalue weighted by atomic mass is 10.0. The van der Waals surface area contributed by atoms with E-state index in [1.807, 2.05) is 60.7 Å².